The normalized spacial score (nSPS) is 17.6. The van der Waals surface area contributed by atoms with Gasteiger partial charge in [0.1, 0.15) is 11.9 Å². The van der Waals surface area contributed by atoms with Crippen molar-refractivity contribution in [2.45, 2.75) is 45.6 Å². The van der Waals surface area contributed by atoms with E-state index in [9.17, 15) is 10.1 Å². The highest BCUT2D eigenvalue weighted by Crippen LogP contribution is 2.25. The number of hydrogen-bond acceptors (Lipinski definition) is 3. The highest BCUT2D eigenvalue weighted by molar-refractivity contribution is 5.30. The third-order valence-corrected chi connectivity index (χ3v) is 3.29. The first-order chi connectivity index (χ1) is 7.66. The van der Waals surface area contributed by atoms with Crippen molar-refractivity contribution >= 4 is 5.69 Å². The summed E-state index contributed by atoms with van der Waals surface area (Å²) < 4.78 is 1.74. The molecule has 1 aliphatic rings. The molecule has 1 aliphatic carbocycles. The summed E-state index contributed by atoms with van der Waals surface area (Å²) in [4.78, 5) is 10.3. The minimum absolute atomic E-state index is 0.135. The number of hydrogen-bond donors (Lipinski definition) is 0. The molecule has 0 spiro atoms. The third-order valence-electron chi connectivity index (χ3n) is 3.29. The maximum absolute atomic E-state index is 10.7. The van der Waals surface area contributed by atoms with Gasteiger partial charge < -0.3 is 0 Å². The van der Waals surface area contributed by atoms with Crippen LogP contribution in [0.5, 0.6) is 0 Å². The van der Waals surface area contributed by atoms with Crippen molar-refractivity contribution in [1.29, 1.82) is 0 Å². The van der Waals surface area contributed by atoms with Gasteiger partial charge in [-0.05, 0) is 25.7 Å². The van der Waals surface area contributed by atoms with E-state index in [1.807, 2.05) is 0 Å². The number of aromatic nitrogens is 2. The molecule has 1 aromatic rings. The molecular weight excluding hydrogens is 206 g/mol. The van der Waals surface area contributed by atoms with Gasteiger partial charge in [-0.2, -0.15) is 5.10 Å². The van der Waals surface area contributed by atoms with Crippen LogP contribution >= 0.6 is 0 Å². The van der Waals surface area contributed by atoms with Gasteiger partial charge in [-0.3, -0.25) is 14.8 Å². The molecule has 1 heterocycles. The predicted octanol–water partition coefficient (Wildman–Crippen LogP) is 2.68. The van der Waals surface area contributed by atoms with Crippen LogP contribution in [0.4, 0.5) is 5.69 Å². The molecular formula is C11H17N3O2. The Balaban J connectivity index is 2.03. The van der Waals surface area contributed by atoms with Gasteiger partial charge in [0.25, 0.3) is 0 Å². The quantitative estimate of drug-likeness (QED) is 0.584. The maximum Gasteiger partial charge on any atom is 0.309 e. The fourth-order valence-corrected chi connectivity index (χ4v) is 2.41. The van der Waals surface area contributed by atoms with Crippen LogP contribution < -0.4 is 0 Å². The van der Waals surface area contributed by atoms with Crippen LogP contribution in [0.25, 0.3) is 0 Å². The Kier molecular flexibility index (Phi) is 3.22. The second-order valence-electron chi connectivity index (χ2n) is 4.58. The Morgan fingerprint density at radius 2 is 2.19 bits per heavy atom. The molecule has 1 saturated carbocycles. The number of rotatable bonds is 3. The Bertz CT molecular complexity index is 381. The Morgan fingerprint density at radius 3 is 2.75 bits per heavy atom. The molecule has 1 aromatic heterocycles. The first-order valence-corrected chi connectivity index (χ1v) is 5.85. The average Bonchev–Trinajstić information content (AvgIpc) is 2.61. The molecule has 88 valence electrons. The molecule has 0 radical (unpaired) electrons. The van der Waals surface area contributed by atoms with Gasteiger partial charge in [0.2, 0.25) is 0 Å². The lowest BCUT2D eigenvalue weighted by molar-refractivity contribution is -0.385. The fraction of sp³-hybridized carbons (Fsp3) is 0.727. The van der Waals surface area contributed by atoms with Crippen molar-refractivity contribution in [3.8, 4) is 0 Å². The molecule has 5 heteroatoms. The second-order valence-corrected chi connectivity index (χ2v) is 4.58. The zero-order chi connectivity index (χ0) is 11.5. The van der Waals surface area contributed by atoms with E-state index in [2.05, 4.69) is 5.10 Å². The van der Waals surface area contributed by atoms with Gasteiger partial charge in [-0.1, -0.05) is 19.3 Å². The van der Waals surface area contributed by atoms with Crippen molar-refractivity contribution in [3.63, 3.8) is 0 Å². The van der Waals surface area contributed by atoms with Crippen LogP contribution in [0.2, 0.25) is 0 Å². The second kappa shape index (κ2) is 4.63. The Morgan fingerprint density at radius 1 is 1.50 bits per heavy atom. The maximum atomic E-state index is 10.7. The van der Waals surface area contributed by atoms with Gasteiger partial charge in [-0.25, -0.2) is 0 Å². The first-order valence-electron chi connectivity index (χ1n) is 5.85. The zero-order valence-corrected chi connectivity index (χ0v) is 9.56. The van der Waals surface area contributed by atoms with Crippen LogP contribution in [0.15, 0.2) is 6.20 Å². The van der Waals surface area contributed by atoms with Crippen LogP contribution in [0.1, 0.15) is 37.8 Å². The third kappa shape index (κ3) is 2.40. The number of nitro groups is 1. The van der Waals surface area contributed by atoms with Gasteiger partial charge in [-0.15, -0.1) is 0 Å². The molecule has 1 fully saturated rings. The smallest absolute Gasteiger partial charge is 0.265 e. The van der Waals surface area contributed by atoms with Gasteiger partial charge >= 0.3 is 5.69 Å². The van der Waals surface area contributed by atoms with Gasteiger partial charge in [0.05, 0.1) is 4.92 Å². The highest BCUT2D eigenvalue weighted by atomic mass is 16.6. The van der Waals surface area contributed by atoms with E-state index in [1.54, 1.807) is 17.8 Å². The summed E-state index contributed by atoms with van der Waals surface area (Å²) >= 11 is 0. The Hall–Kier alpha value is -1.39. The largest absolute Gasteiger partial charge is 0.309 e. The number of aryl methyl sites for hydroxylation is 1. The standard InChI is InChI=1S/C11H17N3O2/c1-9-11(14(15)16)8-13(12-9)7-10-5-3-2-4-6-10/h8,10H,2-7H2,1H3. The van der Waals surface area contributed by atoms with E-state index in [4.69, 9.17) is 0 Å². The minimum atomic E-state index is -0.361. The monoisotopic (exact) mass is 223 g/mol. The average molecular weight is 223 g/mol. The van der Waals surface area contributed by atoms with Crippen molar-refractivity contribution in [3.05, 3.63) is 22.0 Å². The fourth-order valence-electron chi connectivity index (χ4n) is 2.41. The summed E-state index contributed by atoms with van der Waals surface area (Å²) in [6.07, 6.45) is 7.91. The summed E-state index contributed by atoms with van der Waals surface area (Å²) in [6.45, 7) is 2.52. The molecule has 0 N–H and O–H groups in total. The van der Waals surface area contributed by atoms with E-state index >= 15 is 0 Å². The van der Waals surface area contributed by atoms with Crippen LogP contribution in [0.3, 0.4) is 0 Å². The summed E-state index contributed by atoms with van der Waals surface area (Å²) in [7, 11) is 0. The van der Waals surface area contributed by atoms with Gasteiger partial charge in [0.15, 0.2) is 0 Å². The lowest BCUT2D eigenvalue weighted by Gasteiger charge is -2.20. The summed E-state index contributed by atoms with van der Waals surface area (Å²) in [6, 6.07) is 0. The number of nitrogens with zero attached hydrogens (tertiary/aromatic N) is 3. The molecule has 0 atom stereocenters. The Labute approximate surface area is 94.6 Å². The highest BCUT2D eigenvalue weighted by Gasteiger charge is 2.19. The predicted molar refractivity (Wildman–Crippen MR) is 60.2 cm³/mol. The van der Waals surface area contributed by atoms with Gasteiger partial charge in [0, 0.05) is 6.54 Å². The molecule has 0 unspecified atom stereocenters. The molecule has 0 aliphatic heterocycles. The lowest BCUT2D eigenvalue weighted by atomic mass is 9.89. The van der Waals surface area contributed by atoms with E-state index in [0.29, 0.717) is 11.6 Å². The lowest BCUT2D eigenvalue weighted by Crippen LogP contribution is -2.14. The van der Waals surface area contributed by atoms with Crippen molar-refractivity contribution in [2.75, 3.05) is 0 Å². The summed E-state index contributed by atoms with van der Waals surface area (Å²) in [5.41, 5.74) is 0.650. The van der Waals surface area contributed by atoms with Crippen LogP contribution in [0, 0.1) is 23.0 Å². The molecule has 0 aromatic carbocycles. The topological polar surface area (TPSA) is 61.0 Å². The molecule has 2 rings (SSSR count). The van der Waals surface area contributed by atoms with E-state index in [0.717, 1.165) is 6.54 Å². The molecule has 0 saturated heterocycles. The van der Waals surface area contributed by atoms with Crippen molar-refractivity contribution in [2.24, 2.45) is 5.92 Å². The van der Waals surface area contributed by atoms with Crippen molar-refractivity contribution < 1.29 is 4.92 Å². The molecule has 5 nitrogen and oxygen atoms in total. The van der Waals surface area contributed by atoms with Crippen LogP contribution in [-0.2, 0) is 6.54 Å². The molecule has 16 heavy (non-hydrogen) atoms. The van der Waals surface area contributed by atoms with E-state index in [1.165, 1.54) is 32.1 Å². The minimum Gasteiger partial charge on any atom is -0.265 e. The molecule has 0 amide bonds. The molecule has 0 bridgehead atoms. The van der Waals surface area contributed by atoms with E-state index in [-0.39, 0.29) is 10.6 Å². The van der Waals surface area contributed by atoms with E-state index < -0.39 is 0 Å². The summed E-state index contributed by atoms with van der Waals surface area (Å²) in [5, 5.41) is 14.9. The first kappa shape index (κ1) is 11.1. The van der Waals surface area contributed by atoms with Crippen LogP contribution in [-0.4, -0.2) is 14.7 Å². The van der Waals surface area contributed by atoms with Crippen molar-refractivity contribution in [1.82, 2.24) is 9.78 Å². The SMILES string of the molecule is Cc1nn(CC2CCCCC2)cc1[N+](=O)[O-]. The summed E-state index contributed by atoms with van der Waals surface area (Å²) in [5.74, 6) is 0.646. The zero-order valence-electron chi connectivity index (χ0n) is 9.56.